The largest absolute Gasteiger partial charge is 0.365 e. The minimum absolute atomic E-state index is 0.697. The highest BCUT2D eigenvalue weighted by Gasteiger charge is 1.91. The van der Waals surface area contributed by atoms with Crippen LogP contribution in [0.4, 0.5) is 5.82 Å². The molecule has 0 aromatic carbocycles. The maximum absolute atomic E-state index is 3.88. The summed E-state index contributed by atoms with van der Waals surface area (Å²) in [6.45, 7) is 12.5. The third-order valence-corrected chi connectivity index (χ3v) is 1.47. The topological polar surface area (TPSA) is 37.8 Å². The molecule has 0 saturated carbocycles. The Hall–Kier alpha value is -1.90. The maximum atomic E-state index is 3.88. The third kappa shape index (κ3) is 6.21. The van der Waals surface area contributed by atoms with Crippen LogP contribution < -0.4 is 5.32 Å². The van der Waals surface area contributed by atoms with Gasteiger partial charge in [0, 0.05) is 12.7 Å². The van der Waals surface area contributed by atoms with Crippen molar-refractivity contribution in [2.75, 3.05) is 11.9 Å². The minimum atomic E-state index is 0.697. The Kier molecular flexibility index (Phi) is 7.59. The van der Waals surface area contributed by atoms with Crippen LogP contribution in [-0.2, 0) is 0 Å². The van der Waals surface area contributed by atoms with Crippen LogP contribution in [0.5, 0.6) is 0 Å². The molecular weight excluding hydrogens is 186 g/mol. The van der Waals surface area contributed by atoms with Crippen molar-refractivity contribution in [2.24, 2.45) is 0 Å². The van der Waals surface area contributed by atoms with Gasteiger partial charge in [0.15, 0.2) is 0 Å². The second kappa shape index (κ2) is 8.69. The number of nitrogens with one attached hydrogen (secondary N) is 1. The first kappa shape index (κ1) is 13.1. The highest BCUT2D eigenvalue weighted by atomic mass is 15.2. The number of hydrogen-bond donors (Lipinski definition) is 1. The van der Waals surface area contributed by atoms with Gasteiger partial charge in [0.1, 0.15) is 5.82 Å². The van der Waals surface area contributed by atoms with Gasteiger partial charge in [-0.25, -0.2) is 0 Å². The Morgan fingerprint density at radius 3 is 2.80 bits per heavy atom. The Labute approximate surface area is 91.2 Å². The van der Waals surface area contributed by atoms with Crippen molar-refractivity contribution in [2.45, 2.75) is 6.92 Å². The van der Waals surface area contributed by atoms with Gasteiger partial charge in [-0.1, -0.05) is 18.7 Å². The lowest BCUT2D eigenvalue weighted by Gasteiger charge is -2.03. The summed E-state index contributed by atoms with van der Waals surface area (Å²) in [5.41, 5.74) is 1.02. The Morgan fingerprint density at radius 1 is 1.53 bits per heavy atom. The number of aromatic nitrogens is 2. The summed E-state index contributed by atoms with van der Waals surface area (Å²) in [4.78, 5) is 0. The smallest absolute Gasteiger partial charge is 0.148 e. The lowest BCUT2D eigenvalue weighted by atomic mass is 10.3. The fourth-order valence-electron chi connectivity index (χ4n) is 0.895. The molecule has 0 fully saturated rings. The monoisotopic (exact) mass is 203 g/mol. The van der Waals surface area contributed by atoms with E-state index < -0.39 is 0 Å². The summed E-state index contributed by atoms with van der Waals surface area (Å²) < 4.78 is 0. The van der Waals surface area contributed by atoms with Crippen LogP contribution in [0, 0.1) is 0 Å². The molecule has 0 aliphatic carbocycles. The molecule has 1 rings (SSSR count). The maximum Gasteiger partial charge on any atom is 0.148 e. The van der Waals surface area contributed by atoms with E-state index >= 15 is 0 Å². The van der Waals surface area contributed by atoms with E-state index in [9.17, 15) is 0 Å². The molecule has 0 aliphatic rings. The fourth-order valence-corrected chi connectivity index (χ4v) is 0.895. The number of allylic oxidation sites excluding steroid dienone is 1. The molecule has 0 unspecified atom stereocenters. The fraction of sp³-hybridized carbons (Fsp3) is 0.167. The normalized spacial score (nSPS) is 9.13. The van der Waals surface area contributed by atoms with Crippen LogP contribution in [0.1, 0.15) is 6.92 Å². The van der Waals surface area contributed by atoms with Gasteiger partial charge in [0.25, 0.3) is 0 Å². The standard InChI is InChI=1S/C10H13N3.C2H4/c1-3-5-9(2)8-11-10-6-4-7-12-13-10;1-2/h3-7H,2,8H2,1H3,(H,11,13);1-2H2/b5-3-;. The summed E-state index contributed by atoms with van der Waals surface area (Å²) in [6.07, 6.45) is 5.57. The molecule has 0 spiro atoms. The lowest BCUT2D eigenvalue weighted by molar-refractivity contribution is 1.02. The summed E-state index contributed by atoms with van der Waals surface area (Å²) in [7, 11) is 0. The van der Waals surface area contributed by atoms with Crippen molar-refractivity contribution in [1.29, 1.82) is 0 Å². The molecule has 15 heavy (non-hydrogen) atoms. The van der Waals surface area contributed by atoms with Crippen molar-refractivity contribution in [3.05, 3.63) is 55.8 Å². The van der Waals surface area contributed by atoms with Crippen LogP contribution in [0.2, 0.25) is 0 Å². The molecule has 0 bridgehead atoms. The zero-order chi connectivity index (χ0) is 11.5. The van der Waals surface area contributed by atoms with E-state index in [1.165, 1.54) is 0 Å². The molecule has 0 atom stereocenters. The van der Waals surface area contributed by atoms with Gasteiger partial charge >= 0.3 is 0 Å². The predicted molar refractivity (Wildman–Crippen MR) is 65.7 cm³/mol. The van der Waals surface area contributed by atoms with Gasteiger partial charge in [-0.05, 0) is 24.6 Å². The van der Waals surface area contributed by atoms with E-state index in [1.807, 2.05) is 31.2 Å². The molecular formula is C12H17N3. The van der Waals surface area contributed by atoms with Gasteiger partial charge in [-0.15, -0.1) is 18.3 Å². The van der Waals surface area contributed by atoms with Crippen LogP contribution in [0.15, 0.2) is 55.8 Å². The molecule has 0 amide bonds. The molecule has 1 aromatic rings. The SMILES string of the molecule is C=C.C=C(/C=C\C)CNc1cccnn1. The van der Waals surface area contributed by atoms with Gasteiger partial charge in [0.2, 0.25) is 0 Å². The van der Waals surface area contributed by atoms with Crippen molar-refractivity contribution >= 4 is 5.82 Å². The van der Waals surface area contributed by atoms with E-state index in [-0.39, 0.29) is 0 Å². The summed E-state index contributed by atoms with van der Waals surface area (Å²) in [5, 5.41) is 10.7. The zero-order valence-corrected chi connectivity index (χ0v) is 9.11. The van der Waals surface area contributed by atoms with E-state index in [0.717, 1.165) is 11.4 Å². The van der Waals surface area contributed by atoms with Crippen molar-refractivity contribution in [3.63, 3.8) is 0 Å². The first-order valence-electron chi connectivity index (χ1n) is 4.65. The van der Waals surface area contributed by atoms with Crippen LogP contribution >= 0.6 is 0 Å². The Bertz CT molecular complexity index is 304. The average molecular weight is 203 g/mol. The van der Waals surface area contributed by atoms with Gasteiger partial charge in [-0.2, -0.15) is 5.10 Å². The molecule has 0 aliphatic heterocycles. The molecule has 1 heterocycles. The number of anilines is 1. The van der Waals surface area contributed by atoms with E-state index in [2.05, 4.69) is 35.3 Å². The Morgan fingerprint density at radius 2 is 2.27 bits per heavy atom. The molecule has 1 aromatic heterocycles. The summed E-state index contributed by atoms with van der Waals surface area (Å²) >= 11 is 0. The average Bonchev–Trinajstić information content (AvgIpc) is 2.31. The Balaban J connectivity index is 0.000000921. The highest BCUT2D eigenvalue weighted by molar-refractivity contribution is 5.35. The second-order valence-corrected chi connectivity index (χ2v) is 2.62. The molecule has 3 nitrogen and oxygen atoms in total. The quantitative estimate of drug-likeness (QED) is 0.604. The molecule has 3 heteroatoms. The van der Waals surface area contributed by atoms with Crippen molar-refractivity contribution < 1.29 is 0 Å². The minimum Gasteiger partial charge on any atom is -0.365 e. The van der Waals surface area contributed by atoms with E-state index in [1.54, 1.807) is 6.20 Å². The first-order chi connectivity index (χ1) is 7.33. The summed E-state index contributed by atoms with van der Waals surface area (Å²) in [5.74, 6) is 0.771. The van der Waals surface area contributed by atoms with Gasteiger partial charge in [-0.3, -0.25) is 0 Å². The highest BCUT2D eigenvalue weighted by Crippen LogP contribution is 2.00. The van der Waals surface area contributed by atoms with Gasteiger partial charge in [0.05, 0.1) is 0 Å². The molecule has 0 saturated heterocycles. The molecule has 1 N–H and O–H groups in total. The lowest BCUT2D eigenvalue weighted by Crippen LogP contribution is -2.04. The first-order valence-corrected chi connectivity index (χ1v) is 4.65. The number of hydrogen-bond acceptors (Lipinski definition) is 3. The van der Waals surface area contributed by atoms with Gasteiger partial charge < -0.3 is 5.32 Å². The van der Waals surface area contributed by atoms with E-state index in [4.69, 9.17) is 0 Å². The van der Waals surface area contributed by atoms with Crippen LogP contribution in [-0.4, -0.2) is 16.7 Å². The third-order valence-electron chi connectivity index (χ3n) is 1.47. The van der Waals surface area contributed by atoms with E-state index in [0.29, 0.717) is 6.54 Å². The zero-order valence-electron chi connectivity index (χ0n) is 9.11. The van der Waals surface area contributed by atoms with Crippen molar-refractivity contribution in [3.8, 4) is 0 Å². The summed E-state index contributed by atoms with van der Waals surface area (Å²) in [6, 6.07) is 3.71. The van der Waals surface area contributed by atoms with Crippen LogP contribution in [0.25, 0.3) is 0 Å². The number of rotatable bonds is 4. The van der Waals surface area contributed by atoms with Crippen molar-refractivity contribution in [1.82, 2.24) is 10.2 Å². The number of nitrogens with zero attached hydrogens (tertiary/aromatic N) is 2. The second-order valence-electron chi connectivity index (χ2n) is 2.62. The predicted octanol–water partition coefficient (Wildman–Crippen LogP) is 2.82. The molecule has 80 valence electrons. The van der Waals surface area contributed by atoms with Crippen LogP contribution in [0.3, 0.4) is 0 Å². The molecule has 0 radical (unpaired) electrons.